The van der Waals surface area contributed by atoms with E-state index in [-0.39, 0.29) is 0 Å². The molecule has 0 aliphatic carbocycles. The maximum Gasteiger partial charge on any atom is 0.184 e. The minimum atomic E-state index is -1.57. The molecule has 0 amide bonds. The van der Waals surface area contributed by atoms with E-state index in [1.54, 1.807) is 0 Å². The van der Waals surface area contributed by atoms with Crippen molar-refractivity contribution >= 4 is 0 Å². The molecule has 12 heavy (non-hydrogen) atoms. The van der Waals surface area contributed by atoms with Crippen LogP contribution in [0.5, 0.6) is 0 Å². The molecule has 0 saturated carbocycles. The standard InChI is InChI=1S/C6H12O6/c7-1-2-3(8)4(9)5(10)6(11)12-2/h2-11H,1H2/t2?,3-,4+,5?,6?/m1/s1/i1+1,2+1,3+1,4+1,5+1,6+1. The van der Waals surface area contributed by atoms with Crippen LogP contribution in [0.1, 0.15) is 0 Å². The van der Waals surface area contributed by atoms with Gasteiger partial charge in [0.15, 0.2) is 6.29 Å². The fourth-order valence-corrected chi connectivity index (χ4v) is 1.08. The molecule has 6 nitrogen and oxygen atoms in total. The number of hydrogen-bond donors (Lipinski definition) is 5. The molecule has 1 aliphatic heterocycles. The van der Waals surface area contributed by atoms with Gasteiger partial charge in [0.1, 0.15) is 24.4 Å². The Morgan fingerprint density at radius 2 is 1.50 bits per heavy atom. The quantitative estimate of drug-likeness (QED) is 0.275. The molecule has 1 saturated heterocycles. The SMILES string of the molecule is O[13CH2][13CH]1O[13CH](O)[13CH](O)[13C@@H](O)[13C@@H]1O. The van der Waals surface area contributed by atoms with Gasteiger partial charge in [-0.3, -0.25) is 0 Å². The van der Waals surface area contributed by atoms with Crippen LogP contribution >= 0.6 is 0 Å². The van der Waals surface area contributed by atoms with E-state index in [0.29, 0.717) is 0 Å². The molecule has 72 valence electrons. The van der Waals surface area contributed by atoms with Crippen molar-refractivity contribution in [1.82, 2.24) is 0 Å². The third-order valence-corrected chi connectivity index (χ3v) is 1.87. The van der Waals surface area contributed by atoms with Crippen LogP contribution in [0.2, 0.25) is 0 Å². The fourth-order valence-electron chi connectivity index (χ4n) is 1.08. The zero-order chi connectivity index (χ0) is 9.30. The molecule has 0 bridgehead atoms. The van der Waals surface area contributed by atoms with Gasteiger partial charge in [0.2, 0.25) is 0 Å². The van der Waals surface area contributed by atoms with Crippen LogP contribution in [0.15, 0.2) is 0 Å². The van der Waals surface area contributed by atoms with E-state index < -0.39 is 37.3 Å². The first-order valence-corrected chi connectivity index (χ1v) is 3.56. The molecule has 0 aromatic carbocycles. The second kappa shape index (κ2) is 3.65. The van der Waals surface area contributed by atoms with E-state index in [2.05, 4.69) is 4.74 Å². The largest absolute Gasteiger partial charge is 0.394 e. The van der Waals surface area contributed by atoms with Crippen molar-refractivity contribution < 1.29 is 30.3 Å². The highest BCUT2D eigenvalue weighted by atomic mass is 16.8. The Balaban J connectivity index is 2.63. The normalized spacial score (nSPS) is 49.2. The number of aliphatic hydroxyl groups excluding tert-OH is 5. The number of ether oxygens (including phenoxy) is 1. The summed E-state index contributed by atoms with van der Waals surface area (Å²) in [4.78, 5) is 0. The van der Waals surface area contributed by atoms with Crippen molar-refractivity contribution in [3.8, 4) is 0 Å². The van der Waals surface area contributed by atoms with E-state index in [9.17, 15) is 0 Å². The molecule has 1 rings (SSSR count). The molecule has 1 aliphatic rings. The summed E-state index contributed by atoms with van der Waals surface area (Å²) in [5, 5.41) is 44.7. The molecule has 0 aromatic rings. The average molecular weight is 186 g/mol. The van der Waals surface area contributed by atoms with Gasteiger partial charge in [0.05, 0.1) is 6.61 Å². The summed E-state index contributed by atoms with van der Waals surface area (Å²) in [5.74, 6) is 0. The van der Waals surface area contributed by atoms with Crippen molar-refractivity contribution in [1.29, 1.82) is 0 Å². The van der Waals surface area contributed by atoms with Gasteiger partial charge >= 0.3 is 0 Å². The average Bonchev–Trinajstić information content (AvgIpc) is 2.08. The van der Waals surface area contributed by atoms with Crippen molar-refractivity contribution in [3.05, 3.63) is 0 Å². The number of hydrogen-bond acceptors (Lipinski definition) is 6. The van der Waals surface area contributed by atoms with E-state index >= 15 is 0 Å². The molecule has 6 heteroatoms. The van der Waals surface area contributed by atoms with Gasteiger partial charge in [-0.05, 0) is 0 Å². The Bertz CT molecular complexity index is 146. The van der Waals surface area contributed by atoms with Gasteiger partial charge in [-0.2, -0.15) is 0 Å². The molecule has 5 atom stereocenters. The summed E-state index contributed by atoms with van der Waals surface area (Å²) in [6.07, 6.45) is -7.04. The number of rotatable bonds is 1. The highest BCUT2D eigenvalue weighted by molar-refractivity contribution is 4.87. The second-order valence-corrected chi connectivity index (χ2v) is 2.72. The zero-order valence-electron chi connectivity index (χ0n) is 6.24. The van der Waals surface area contributed by atoms with Crippen LogP contribution in [0.25, 0.3) is 0 Å². The van der Waals surface area contributed by atoms with Crippen LogP contribution in [-0.2, 0) is 4.74 Å². The molecule has 5 N–H and O–H groups in total. The third-order valence-electron chi connectivity index (χ3n) is 1.87. The van der Waals surface area contributed by atoms with Crippen molar-refractivity contribution in [2.75, 3.05) is 6.61 Å². The van der Waals surface area contributed by atoms with Crippen molar-refractivity contribution in [2.24, 2.45) is 0 Å². The fraction of sp³-hybridized carbons (Fsp3) is 1.00. The van der Waals surface area contributed by atoms with Gasteiger partial charge in [-0.1, -0.05) is 0 Å². The maximum atomic E-state index is 9.12. The van der Waals surface area contributed by atoms with Crippen molar-refractivity contribution in [2.45, 2.75) is 30.7 Å². The number of aliphatic hydroxyl groups is 5. The first kappa shape index (κ1) is 9.85. The zero-order valence-corrected chi connectivity index (χ0v) is 6.24. The van der Waals surface area contributed by atoms with Crippen LogP contribution < -0.4 is 0 Å². The van der Waals surface area contributed by atoms with Crippen LogP contribution in [0, 0.1) is 0 Å². The topological polar surface area (TPSA) is 110 Å². The lowest BCUT2D eigenvalue weighted by Crippen LogP contribution is -2.58. The lowest BCUT2D eigenvalue weighted by atomic mass is 10.9. The Morgan fingerprint density at radius 1 is 0.917 bits per heavy atom. The second-order valence-electron chi connectivity index (χ2n) is 2.72. The smallest absolute Gasteiger partial charge is 0.184 e. The molecule has 0 spiro atoms. The summed E-state index contributed by atoms with van der Waals surface area (Å²) >= 11 is 0. The predicted octanol–water partition coefficient (Wildman–Crippen LogP) is -3.22. The molecule has 3 unspecified atom stereocenters. The summed E-state index contributed by atoms with van der Waals surface area (Å²) in [6, 6.07) is 0. The Hall–Kier alpha value is -0.240. The molecular weight excluding hydrogens is 174 g/mol. The summed E-state index contributed by atoms with van der Waals surface area (Å²) in [5.41, 5.74) is 0. The first-order valence-electron chi connectivity index (χ1n) is 3.56. The third kappa shape index (κ3) is 1.58. The van der Waals surface area contributed by atoms with Crippen LogP contribution in [0.4, 0.5) is 0 Å². The minimum Gasteiger partial charge on any atom is -0.394 e. The minimum absolute atomic E-state index is 0.526. The van der Waals surface area contributed by atoms with E-state index in [0.717, 1.165) is 0 Å². The molecular formula is C6H12O6. The maximum absolute atomic E-state index is 9.12. The summed E-state index contributed by atoms with van der Waals surface area (Å²) in [6.45, 7) is -0.526. The molecule has 0 aromatic heterocycles. The van der Waals surface area contributed by atoms with Gasteiger partial charge in [0.25, 0.3) is 0 Å². The lowest BCUT2D eigenvalue weighted by molar-refractivity contribution is -0.286. The molecule has 1 fully saturated rings. The van der Waals surface area contributed by atoms with Crippen LogP contribution in [0.3, 0.4) is 0 Å². The predicted molar refractivity (Wildman–Crippen MR) is 36.0 cm³/mol. The Kier molecular flexibility index (Phi) is 2.99. The highest BCUT2D eigenvalue weighted by Gasteiger charge is 2.42. The van der Waals surface area contributed by atoms with Gasteiger partial charge in [0, 0.05) is 0 Å². The molecule has 0 radical (unpaired) electrons. The lowest BCUT2D eigenvalue weighted by Gasteiger charge is -2.37. The first-order chi connectivity index (χ1) is 5.57. The van der Waals surface area contributed by atoms with Crippen LogP contribution in [-0.4, -0.2) is 62.8 Å². The summed E-state index contributed by atoms with van der Waals surface area (Å²) < 4.78 is 4.58. The Morgan fingerprint density at radius 3 is 2.00 bits per heavy atom. The Labute approximate surface area is 68.6 Å². The van der Waals surface area contributed by atoms with Gasteiger partial charge in [-0.15, -0.1) is 0 Å². The highest BCUT2D eigenvalue weighted by Crippen LogP contribution is 2.18. The van der Waals surface area contributed by atoms with E-state index in [1.807, 2.05) is 0 Å². The monoisotopic (exact) mass is 186 g/mol. The van der Waals surface area contributed by atoms with E-state index in [4.69, 9.17) is 25.5 Å². The van der Waals surface area contributed by atoms with Gasteiger partial charge < -0.3 is 30.3 Å². The molecule has 1 heterocycles. The summed E-state index contributed by atoms with van der Waals surface area (Å²) in [7, 11) is 0. The van der Waals surface area contributed by atoms with E-state index in [1.165, 1.54) is 0 Å². The van der Waals surface area contributed by atoms with Crippen molar-refractivity contribution in [3.63, 3.8) is 0 Å². The van der Waals surface area contributed by atoms with Gasteiger partial charge in [-0.25, -0.2) is 0 Å².